The fourth-order valence-corrected chi connectivity index (χ4v) is 2.01. The van der Waals surface area contributed by atoms with Gasteiger partial charge in [0.2, 0.25) is 0 Å². The van der Waals surface area contributed by atoms with Gasteiger partial charge in [0.25, 0.3) is 0 Å². The SMILES string of the molecule is FC(F)(F)c1ccc(Sc2ccccn2)cc1. The molecule has 0 aliphatic heterocycles. The molecule has 0 N–H and O–H groups in total. The van der Waals surface area contributed by atoms with E-state index in [1.54, 1.807) is 12.3 Å². The lowest BCUT2D eigenvalue weighted by molar-refractivity contribution is -0.137. The minimum atomic E-state index is -4.28. The Bertz CT molecular complexity index is 479. The first-order chi connectivity index (χ1) is 8.05. The smallest absolute Gasteiger partial charge is 0.250 e. The van der Waals surface area contributed by atoms with Crippen LogP contribution >= 0.6 is 11.8 Å². The molecule has 1 nitrogen and oxygen atoms in total. The number of pyridine rings is 1. The molecule has 1 heterocycles. The molecule has 5 heteroatoms. The van der Waals surface area contributed by atoms with Crippen molar-refractivity contribution in [1.82, 2.24) is 4.98 Å². The van der Waals surface area contributed by atoms with Crippen molar-refractivity contribution in [3.05, 3.63) is 54.2 Å². The van der Waals surface area contributed by atoms with Gasteiger partial charge in [-0.3, -0.25) is 0 Å². The van der Waals surface area contributed by atoms with Gasteiger partial charge in [-0.2, -0.15) is 13.2 Å². The van der Waals surface area contributed by atoms with Gasteiger partial charge in [0.15, 0.2) is 0 Å². The molecule has 1 aromatic heterocycles. The van der Waals surface area contributed by atoms with Gasteiger partial charge < -0.3 is 0 Å². The Morgan fingerprint density at radius 3 is 2.18 bits per heavy atom. The molecule has 1 aromatic carbocycles. The third kappa shape index (κ3) is 3.23. The maximum absolute atomic E-state index is 12.3. The summed E-state index contributed by atoms with van der Waals surface area (Å²) in [6, 6.07) is 10.5. The molecular formula is C12H8F3NS. The van der Waals surface area contributed by atoms with E-state index in [2.05, 4.69) is 4.98 Å². The van der Waals surface area contributed by atoms with Gasteiger partial charge in [-0.15, -0.1) is 0 Å². The number of nitrogens with zero attached hydrogens (tertiary/aromatic N) is 1. The Labute approximate surface area is 101 Å². The Morgan fingerprint density at radius 2 is 1.65 bits per heavy atom. The van der Waals surface area contributed by atoms with Crippen LogP contribution < -0.4 is 0 Å². The molecule has 2 rings (SSSR count). The first-order valence-corrected chi connectivity index (χ1v) is 5.63. The van der Waals surface area contributed by atoms with Gasteiger partial charge in [0.1, 0.15) is 5.03 Å². The van der Waals surface area contributed by atoms with E-state index in [0.29, 0.717) is 0 Å². The Morgan fingerprint density at radius 1 is 0.941 bits per heavy atom. The van der Waals surface area contributed by atoms with Crippen LogP contribution in [0.15, 0.2) is 58.6 Å². The zero-order valence-corrected chi connectivity index (χ0v) is 9.42. The maximum Gasteiger partial charge on any atom is 0.416 e. The van der Waals surface area contributed by atoms with Crippen LogP contribution in [0.2, 0.25) is 0 Å². The van der Waals surface area contributed by atoms with Crippen LogP contribution in [-0.4, -0.2) is 4.98 Å². The molecular weight excluding hydrogens is 247 g/mol. The van der Waals surface area contributed by atoms with Crippen molar-refractivity contribution in [1.29, 1.82) is 0 Å². The first-order valence-electron chi connectivity index (χ1n) is 4.82. The van der Waals surface area contributed by atoms with E-state index in [9.17, 15) is 13.2 Å². The number of aromatic nitrogens is 1. The molecule has 0 aliphatic rings. The van der Waals surface area contributed by atoms with Gasteiger partial charge in [-0.1, -0.05) is 17.8 Å². The third-order valence-corrected chi connectivity index (χ3v) is 3.00. The van der Waals surface area contributed by atoms with Crippen molar-refractivity contribution >= 4 is 11.8 Å². The van der Waals surface area contributed by atoms with Crippen LogP contribution in [0.25, 0.3) is 0 Å². The summed E-state index contributed by atoms with van der Waals surface area (Å²) in [5, 5.41) is 0.757. The van der Waals surface area contributed by atoms with E-state index in [-0.39, 0.29) is 0 Å². The van der Waals surface area contributed by atoms with Crippen molar-refractivity contribution < 1.29 is 13.2 Å². The zero-order chi connectivity index (χ0) is 12.3. The summed E-state index contributed by atoms with van der Waals surface area (Å²) in [7, 11) is 0. The van der Waals surface area contributed by atoms with Crippen LogP contribution in [-0.2, 0) is 6.18 Å². The van der Waals surface area contributed by atoms with E-state index < -0.39 is 11.7 Å². The van der Waals surface area contributed by atoms with Crippen LogP contribution in [0.5, 0.6) is 0 Å². The largest absolute Gasteiger partial charge is 0.416 e. The van der Waals surface area contributed by atoms with Crippen LogP contribution in [0.1, 0.15) is 5.56 Å². The molecule has 0 saturated carbocycles. The zero-order valence-electron chi connectivity index (χ0n) is 8.61. The van der Waals surface area contributed by atoms with Crippen molar-refractivity contribution in [2.45, 2.75) is 16.1 Å². The average Bonchev–Trinajstić information content (AvgIpc) is 2.30. The molecule has 0 atom stereocenters. The minimum Gasteiger partial charge on any atom is -0.250 e. The summed E-state index contributed by atoms with van der Waals surface area (Å²) in [6.07, 6.45) is -2.64. The second kappa shape index (κ2) is 4.79. The summed E-state index contributed by atoms with van der Waals surface area (Å²) in [5.41, 5.74) is -0.636. The Balaban J connectivity index is 2.14. The molecule has 2 aromatic rings. The summed E-state index contributed by atoms with van der Waals surface area (Å²) in [6.45, 7) is 0. The van der Waals surface area contributed by atoms with E-state index >= 15 is 0 Å². The quantitative estimate of drug-likeness (QED) is 0.795. The second-order valence-electron chi connectivity index (χ2n) is 3.29. The lowest BCUT2D eigenvalue weighted by Crippen LogP contribution is -2.03. The van der Waals surface area contributed by atoms with Crippen molar-refractivity contribution in [2.75, 3.05) is 0 Å². The van der Waals surface area contributed by atoms with E-state index in [1.165, 1.54) is 23.9 Å². The summed E-state index contributed by atoms with van der Waals surface area (Å²) in [4.78, 5) is 4.82. The number of rotatable bonds is 2. The highest BCUT2D eigenvalue weighted by Crippen LogP contribution is 2.32. The maximum atomic E-state index is 12.3. The fourth-order valence-electron chi connectivity index (χ4n) is 1.24. The second-order valence-corrected chi connectivity index (χ2v) is 4.39. The van der Waals surface area contributed by atoms with Crippen molar-refractivity contribution in [3.8, 4) is 0 Å². The predicted octanol–water partition coefficient (Wildman–Crippen LogP) is 4.25. The van der Waals surface area contributed by atoms with Gasteiger partial charge in [-0.05, 0) is 36.4 Å². The monoisotopic (exact) mass is 255 g/mol. The summed E-state index contributed by atoms with van der Waals surface area (Å²) in [5.74, 6) is 0. The molecule has 0 unspecified atom stereocenters. The first kappa shape index (κ1) is 12.0. The van der Waals surface area contributed by atoms with Gasteiger partial charge in [0.05, 0.1) is 5.56 Å². The molecule has 0 amide bonds. The predicted molar refractivity (Wildman–Crippen MR) is 59.8 cm³/mol. The summed E-state index contributed by atoms with van der Waals surface area (Å²) < 4.78 is 37.0. The van der Waals surface area contributed by atoms with Crippen LogP contribution in [0.4, 0.5) is 13.2 Å². The standard InChI is InChI=1S/C12H8F3NS/c13-12(14,15)9-4-6-10(7-5-9)17-11-3-1-2-8-16-11/h1-8H. The molecule has 0 spiro atoms. The number of benzene rings is 1. The molecule has 0 radical (unpaired) electrons. The molecule has 0 bridgehead atoms. The molecule has 0 aliphatic carbocycles. The van der Waals surface area contributed by atoms with Crippen LogP contribution in [0, 0.1) is 0 Å². The fraction of sp³-hybridized carbons (Fsp3) is 0.0833. The molecule has 88 valence electrons. The minimum absolute atomic E-state index is 0.636. The van der Waals surface area contributed by atoms with E-state index in [1.807, 2.05) is 12.1 Å². The van der Waals surface area contributed by atoms with Crippen LogP contribution in [0.3, 0.4) is 0 Å². The number of alkyl halides is 3. The van der Waals surface area contributed by atoms with E-state index in [0.717, 1.165) is 22.1 Å². The van der Waals surface area contributed by atoms with Gasteiger partial charge in [-0.25, -0.2) is 4.98 Å². The summed E-state index contributed by atoms with van der Waals surface area (Å²) >= 11 is 1.33. The van der Waals surface area contributed by atoms with Crippen molar-refractivity contribution in [3.63, 3.8) is 0 Å². The van der Waals surface area contributed by atoms with Gasteiger partial charge in [0, 0.05) is 11.1 Å². The number of hydrogen-bond donors (Lipinski definition) is 0. The topological polar surface area (TPSA) is 12.9 Å². The van der Waals surface area contributed by atoms with Crippen molar-refractivity contribution in [2.24, 2.45) is 0 Å². The highest BCUT2D eigenvalue weighted by molar-refractivity contribution is 7.99. The Hall–Kier alpha value is -1.49. The van der Waals surface area contributed by atoms with Gasteiger partial charge >= 0.3 is 6.18 Å². The number of halogens is 3. The highest BCUT2D eigenvalue weighted by Gasteiger charge is 2.29. The third-order valence-electron chi connectivity index (χ3n) is 2.04. The van der Waals surface area contributed by atoms with E-state index in [4.69, 9.17) is 0 Å². The normalized spacial score (nSPS) is 11.5. The lowest BCUT2D eigenvalue weighted by Gasteiger charge is -2.07. The lowest BCUT2D eigenvalue weighted by atomic mass is 10.2. The highest BCUT2D eigenvalue weighted by atomic mass is 32.2. The average molecular weight is 255 g/mol. The molecule has 0 fully saturated rings. The number of hydrogen-bond acceptors (Lipinski definition) is 2. The Kier molecular flexibility index (Phi) is 3.38. The molecule has 17 heavy (non-hydrogen) atoms. The molecule has 0 saturated heterocycles.